The first-order valence-electron chi connectivity index (χ1n) is 6.32. The van der Waals surface area contributed by atoms with Crippen LogP contribution in [0.5, 0.6) is 5.75 Å². The Kier molecular flexibility index (Phi) is 6.58. The number of carbonyl (C=O) groups is 1. The Morgan fingerprint density at radius 3 is 2.56 bits per heavy atom. The Morgan fingerprint density at radius 2 is 2.00 bits per heavy atom. The van der Waals surface area contributed by atoms with E-state index in [1.54, 1.807) is 24.3 Å². The van der Waals surface area contributed by atoms with Crippen molar-refractivity contribution in [2.45, 2.75) is 32.1 Å². The molecular weight excluding hydrogens is 250 g/mol. The number of carbonyl (C=O) groups excluding carboxylic acids is 1. The van der Waals surface area contributed by atoms with Crippen LogP contribution in [0.4, 0.5) is 0 Å². The minimum atomic E-state index is -0.0974. The highest BCUT2D eigenvalue weighted by Gasteiger charge is 2.08. The molecule has 1 aromatic carbocycles. The summed E-state index contributed by atoms with van der Waals surface area (Å²) >= 11 is 6.04. The van der Waals surface area contributed by atoms with Crippen molar-refractivity contribution in [3.63, 3.8) is 0 Å². The molecule has 1 rings (SSSR count). The van der Waals surface area contributed by atoms with Crippen LogP contribution in [0.25, 0.3) is 0 Å². The average Bonchev–Trinajstić information content (AvgIpc) is 2.37. The van der Waals surface area contributed by atoms with Crippen LogP contribution in [0.3, 0.4) is 0 Å². The molecule has 0 aromatic heterocycles. The Balaban J connectivity index is 2.46. The second-order valence-corrected chi connectivity index (χ2v) is 4.67. The maximum Gasteiger partial charge on any atom is 0.251 e. The molecule has 1 N–H and O–H groups in total. The molecule has 1 amide bonds. The monoisotopic (exact) mass is 269 g/mol. The molecule has 0 saturated carbocycles. The minimum Gasteiger partial charge on any atom is -0.494 e. The lowest BCUT2D eigenvalue weighted by Gasteiger charge is -2.10. The summed E-state index contributed by atoms with van der Waals surface area (Å²) in [6, 6.07) is 7.10. The molecule has 0 bridgehead atoms. The van der Waals surface area contributed by atoms with Gasteiger partial charge in [-0.15, -0.1) is 11.6 Å². The van der Waals surface area contributed by atoms with E-state index in [0.717, 1.165) is 18.6 Å². The number of alkyl halides is 1. The summed E-state index contributed by atoms with van der Waals surface area (Å²) in [5.74, 6) is 0.676. The highest BCUT2D eigenvalue weighted by atomic mass is 35.5. The largest absolute Gasteiger partial charge is 0.494 e. The lowest BCUT2D eigenvalue weighted by molar-refractivity contribution is 0.0953. The third-order valence-corrected chi connectivity index (χ3v) is 2.89. The van der Waals surface area contributed by atoms with E-state index in [2.05, 4.69) is 12.2 Å². The molecule has 0 saturated heterocycles. The number of benzene rings is 1. The fourth-order valence-electron chi connectivity index (χ4n) is 1.59. The molecule has 1 atom stereocenters. The number of halogens is 1. The molecule has 0 aliphatic carbocycles. The summed E-state index contributed by atoms with van der Waals surface area (Å²) in [5, 5.41) is 2.82. The zero-order valence-electron chi connectivity index (χ0n) is 10.9. The van der Waals surface area contributed by atoms with E-state index >= 15 is 0 Å². The third-order valence-electron chi connectivity index (χ3n) is 2.51. The van der Waals surface area contributed by atoms with Gasteiger partial charge in [0.25, 0.3) is 5.91 Å². The molecule has 1 unspecified atom stereocenters. The van der Waals surface area contributed by atoms with Crippen LogP contribution >= 0.6 is 11.6 Å². The second kappa shape index (κ2) is 7.98. The van der Waals surface area contributed by atoms with Crippen LogP contribution in [-0.4, -0.2) is 24.4 Å². The SMILES string of the molecule is CCCC(Cl)CNC(=O)c1ccc(OCC)cc1. The lowest BCUT2D eigenvalue weighted by atomic mass is 10.2. The number of nitrogens with one attached hydrogen (secondary N) is 1. The maximum atomic E-state index is 11.8. The van der Waals surface area contributed by atoms with Crippen molar-refractivity contribution in [3.05, 3.63) is 29.8 Å². The van der Waals surface area contributed by atoms with Crippen molar-refractivity contribution in [2.75, 3.05) is 13.2 Å². The van der Waals surface area contributed by atoms with Crippen LogP contribution in [-0.2, 0) is 0 Å². The fourth-order valence-corrected chi connectivity index (χ4v) is 1.89. The minimum absolute atomic E-state index is 0.00153. The molecule has 4 heteroatoms. The van der Waals surface area contributed by atoms with Crippen molar-refractivity contribution < 1.29 is 9.53 Å². The van der Waals surface area contributed by atoms with E-state index in [9.17, 15) is 4.79 Å². The molecular formula is C14H20ClNO2. The Morgan fingerprint density at radius 1 is 1.33 bits per heavy atom. The molecule has 100 valence electrons. The molecule has 1 aromatic rings. The van der Waals surface area contributed by atoms with Crippen molar-refractivity contribution in [1.29, 1.82) is 0 Å². The molecule has 0 heterocycles. The highest BCUT2D eigenvalue weighted by molar-refractivity contribution is 6.20. The number of rotatable bonds is 7. The summed E-state index contributed by atoms with van der Waals surface area (Å²) in [4.78, 5) is 11.8. The van der Waals surface area contributed by atoms with E-state index < -0.39 is 0 Å². The Labute approximate surface area is 113 Å². The van der Waals surface area contributed by atoms with Gasteiger partial charge in [-0.3, -0.25) is 4.79 Å². The number of amides is 1. The third kappa shape index (κ3) is 4.96. The zero-order valence-corrected chi connectivity index (χ0v) is 11.7. The number of hydrogen-bond acceptors (Lipinski definition) is 2. The van der Waals surface area contributed by atoms with E-state index in [1.165, 1.54) is 0 Å². The van der Waals surface area contributed by atoms with Crippen molar-refractivity contribution >= 4 is 17.5 Å². The average molecular weight is 270 g/mol. The van der Waals surface area contributed by atoms with Gasteiger partial charge in [-0.05, 0) is 37.6 Å². The van der Waals surface area contributed by atoms with Gasteiger partial charge >= 0.3 is 0 Å². The molecule has 0 aliphatic rings. The van der Waals surface area contributed by atoms with Gasteiger partial charge in [-0.2, -0.15) is 0 Å². The lowest BCUT2D eigenvalue weighted by Crippen LogP contribution is -2.29. The molecule has 0 fully saturated rings. The van der Waals surface area contributed by atoms with E-state index in [1.807, 2.05) is 6.92 Å². The van der Waals surface area contributed by atoms with Crippen LogP contribution in [0.1, 0.15) is 37.0 Å². The summed E-state index contributed by atoms with van der Waals surface area (Å²) < 4.78 is 5.32. The molecule has 0 spiro atoms. The highest BCUT2D eigenvalue weighted by Crippen LogP contribution is 2.12. The summed E-state index contributed by atoms with van der Waals surface area (Å²) in [7, 11) is 0. The van der Waals surface area contributed by atoms with Gasteiger partial charge in [-0.25, -0.2) is 0 Å². The summed E-state index contributed by atoms with van der Waals surface area (Å²) in [6.07, 6.45) is 1.93. The smallest absolute Gasteiger partial charge is 0.251 e. The van der Waals surface area contributed by atoms with Gasteiger partial charge in [0.1, 0.15) is 5.75 Å². The standard InChI is InChI=1S/C14H20ClNO2/c1-3-5-12(15)10-16-14(17)11-6-8-13(9-7-11)18-4-2/h6-9,12H,3-5,10H2,1-2H3,(H,16,17). The molecule has 0 aliphatic heterocycles. The molecule has 18 heavy (non-hydrogen) atoms. The number of hydrogen-bond donors (Lipinski definition) is 1. The van der Waals surface area contributed by atoms with Crippen LogP contribution in [0, 0.1) is 0 Å². The Bertz CT molecular complexity index is 365. The topological polar surface area (TPSA) is 38.3 Å². The predicted molar refractivity (Wildman–Crippen MR) is 74.5 cm³/mol. The predicted octanol–water partition coefficient (Wildman–Crippen LogP) is 3.22. The van der Waals surface area contributed by atoms with E-state index in [0.29, 0.717) is 18.7 Å². The quantitative estimate of drug-likeness (QED) is 0.772. The van der Waals surface area contributed by atoms with Gasteiger partial charge in [0.2, 0.25) is 0 Å². The first-order chi connectivity index (χ1) is 8.67. The Hall–Kier alpha value is -1.22. The summed E-state index contributed by atoms with van der Waals surface area (Å²) in [6.45, 7) is 5.12. The number of ether oxygens (including phenoxy) is 1. The van der Waals surface area contributed by atoms with Gasteiger partial charge < -0.3 is 10.1 Å². The maximum absolute atomic E-state index is 11.8. The first kappa shape index (κ1) is 14.8. The normalized spacial score (nSPS) is 11.9. The summed E-state index contributed by atoms with van der Waals surface area (Å²) in [5.41, 5.74) is 0.624. The van der Waals surface area contributed by atoms with Gasteiger partial charge in [-0.1, -0.05) is 13.3 Å². The zero-order chi connectivity index (χ0) is 13.4. The first-order valence-corrected chi connectivity index (χ1v) is 6.76. The van der Waals surface area contributed by atoms with E-state index in [4.69, 9.17) is 16.3 Å². The van der Waals surface area contributed by atoms with Crippen molar-refractivity contribution in [3.8, 4) is 5.75 Å². The second-order valence-electron chi connectivity index (χ2n) is 4.05. The van der Waals surface area contributed by atoms with Crippen LogP contribution < -0.4 is 10.1 Å². The fraction of sp³-hybridized carbons (Fsp3) is 0.500. The molecule has 3 nitrogen and oxygen atoms in total. The molecule has 0 radical (unpaired) electrons. The van der Waals surface area contributed by atoms with Crippen molar-refractivity contribution in [2.24, 2.45) is 0 Å². The van der Waals surface area contributed by atoms with Crippen LogP contribution in [0.15, 0.2) is 24.3 Å². The van der Waals surface area contributed by atoms with Gasteiger partial charge in [0, 0.05) is 12.1 Å². The van der Waals surface area contributed by atoms with E-state index in [-0.39, 0.29) is 11.3 Å². The van der Waals surface area contributed by atoms with Crippen molar-refractivity contribution in [1.82, 2.24) is 5.32 Å². The van der Waals surface area contributed by atoms with Gasteiger partial charge in [0.15, 0.2) is 0 Å². The van der Waals surface area contributed by atoms with Gasteiger partial charge in [0.05, 0.1) is 12.0 Å². The van der Waals surface area contributed by atoms with Crippen LogP contribution in [0.2, 0.25) is 0 Å².